The van der Waals surface area contributed by atoms with Gasteiger partial charge in [-0.3, -0.25) is 0 Å². The predicted molar refractivity (Wildman–Crippen MR) is 81.7 cm³/mol. The van der Waals surface area contributed by atoms with Crippen LogP contribution in [0.2, 0.25) is 0 Å². The van der Waals surface area contributed by atoms with E-state index in [4.69, 9.17) is 9.84 Å². The van der Waals surface area contributed by atoms with Crippen LogP contribution in [-0.2, 0) is 4.74 Å². The van der Waals surface area contributed by atoms with Crippen molar-refractivity contribution < 1.29 is 19.4 Å². The van der Waals surface area contributed by atoms with Gasteiger partial charge in [0, 0.05) is 11.1 Å². The zero-order valence-corrected chi connectivity index (χ0v) is 13.2. The van der Waals surface area contributed by atoms with Crippen LogP contribution in [0.1, 0.15) is 30.1 Å². The van der Waals surface area contributed by atoms with E-state index in [1.54, 1.807) is 12.1 Å². The summed E-state index contributed by atoms with van der Waals surface area (Å²) in [5.74, 6) is -1.09. The van der Waals surface area contributed by atoms with Crippen molar-refractivity contribution in [1.82, 2.24) is 5.32 Å². The zero-order chi connectivity index (χ0) is 15.5. The molecule has 0 bridgehead atoms. The summed E-state index contributed by atoms with van der Waals surface area (Å²) in [7, 11) is 0. The standard InChI is InChI=1S/C14H17BrN2O4/c1-14(5-2-6-21-8-14)17-13(20)16-11-7-9(15)3-4-10(11)12(18)19/h3-4,7H,2,5-6,8H2,1H3,(H,18,19)(H2,16,17,20). The molecule has 0 aromatic heterocycles. The summed E-state index contributed by atoms with van der Waals surface area (Å²) < 4.78 is 6.06. The van der Waals surface area contributed by atoms with Gasteiger partial charge in [-0.05, 0) is 38.0 Å². The summed E-state index contributed by atoms with van der Waals surface area (Å²) >= 11 is 3.26. The average molecular weight is 357 g/mol. The van der Waals surface area contributed by atoms with Gasteiger partial charge in [-0.2, -0.15) is 0 Å². The summed E-state index contributed by atoms with van der Waals surface area (Å²) in [5.41, 5.74) is -0.148. The highest BCUT2D eigenvalue weighted by Gasteiger charge is 2.29. The van der Waals surface area contributed by atoms with Crippen LogP contribution in [0.25, 0.3) is 0 Å². The molecule has 1 aliphatic rings. The number of rotatable bonds is 3. The fourth-order valence-electron chi connectivity index (χ4n) is 2.27. The maximum absolute atomic E-state index is 12.1. The largest absolute Gasteiger partial charge is 0.478 e. The topological polar surface area (TPSA) is 87.7 Å². The third-order valence-electron chi connectivity index (χ3n) is 3.31. The lowest BCUT2D eigenvalue weighted by atomic mass is 9.95. The number of carboxylic acids is 1. The van der Waals surface area contributed by atoms with Gasteiger partial charge < -0.3 is 20.5 Å². The molecule has 21 heavy (non-hydrogen) atoms. The number of ether oxygens (including phenoxy) is 1. The van der Waals surface area contributed by atoms with Gasteiger partial charge in [0.25, 0.3) is 0 Å². The van der Waals surface area contributed by atoms with E-state index in [2.05, 4.69) is 26.6 Å². The number of hydrogen-bond donors (Lipinski definition) is 3. The molecule has 0 radical (unpaired) electrons. The van der Waals surface area contributed by atoms with Gasteiger partial charge in [0.15, 0.2) is 0 Å². The fourth-order valence-corrected chi connectivity index (χ4v) is 2.63. The Labute approximate surface area is 131 Å². The van der Waals surface area contributed by atoms with Gasteiger partial charge in [-0.1, -0.05) is 15.9 Å². The Bertz CT molecular complexity index is 556. The van der Waals surface area contributed by atoms with E-state index in [0.29, 0.717) is 17.7 Å². The summed E-state index contributed by atoms with van der Waals surface area (Å²) in [4.78, 5) is 23.2. The van der Waals surface area contributed by atoms with Crippen molar-refractivity contribution in [2.24, 2.45) is 0 Å². The van der Waals surface area contributed by atoms with E-state index >= 15 is 0 Å². The molecule has 0 spiro atoms. The van der Waals surface area contributed by atoms with Crippen molar-refractivity contribution in [2.45, 2.75) is 25.3 Å². The van der Waals surface area contributed by atoms with Crippen molar-refractivity contribution in [3.8, 4) is 0 Å². The van der Waals surface area contributed by atoms with Crippen LogP contribution in [-0.4, -0.2) is 35.9 Å². The number of halogens is 1. The van der Waals surface area contributed by atoms with E-state index in [0.717, 1.165) is 12.8 Å². The lowest BCUT2D eigenvalue weighted by molar-refractivity contribution is 0.0342. The van der Waals surface area contributed by atoms with Gasteiger partial charge in [0.1, 0.15) is 0 Å². The first-order valence-electron chi connectivity index (χ1n) is 6.59. The number of anilines is 1. The molecule has 114 valence electrons. The molecule has 6 nitrogen and oxygen atoms in total. The number of hydrogen-bond acceptors (Lipinski definition) is 3. The van der Waals surface area contributed by atoms with Crippen molar-refractivity contribution in [1.29, 1.82) is 0 Å². The Hall–Kier alpha value is -1.60. The number of aromatic carboxylic acids is 1. The second-order valence-electron chi connectivity index (χ2n) is 5.29. The Kier molecular flexibility index (Phi) is 4.84. The van der Waals surface area contributed by atoms with Gasteiger partial charge in [-0.25, -0.2) is 9.59 Å². The van der Waals surface area contributed by atoms with Gasteiger partial charge >= 0.3 is 12.0 Å². The highest BCUT2D eigenvalue weighted by Crippen LogP contribution is 2.23. The fraction of sp³-hybridized carbons (Fsp3) is 0.429. The molecule has 1 heterocycles. The highest BCUT2D eigenvalue weighted by atomic mass is 79.9. The molecule has 1 atom stereocenters. The van der Waals surface area contributed by atoms with Crippen molar-refractivity contribution >= 4 is 33.6 Å². The third kappa shape index (κ3) is 4.18. The van der Waals surface area contributed by atoms with E-state index in [-0.39, 0.29) is 11.3 Å². The molecular weight excluding hydrogens is 340 g/mol. The Morgan fingerprint density at radius 3 is 2.81 bits per heavy atom. The minimum Gasteiger partial charge on any atom is -0.478 e. The van der Waals surface area contributed by atoms with Crippen LogP contribution in [0.15, 0.2) is 22.7 Å². The number of carboxylic acid groups (broad SMARTS) is 1. The van der Waals surface area contributed by atoms with Crippen molar-refractivity contribution in [2.75, 3.05) is 18.5 Å². The maximum atomic E-state index is 12.1. The Morgan fingerprint density at radius 1 is 1.43 bits per heavy atom. The van der Waals surface area contributed by atoms with E-state index < -0.39 is 17.5 Å². The molecule has 1 aliphatic heterocycles. The smallest absolute Gasteiger partial charge is 0.337 e. The van der Waals surface area contributed by atoms with Crippen LogP contribution in [0.5, 0.6) is 0 Å². The molecular formula is C14H17BrN2O4. The quantitative estimate of drug-likeness (QED) is 0.776. The number of urea groups is 1. The minimum absolute atomic E-state index is 0.0402. The molecule has 1 fully saturated rings. The molecule has 2 amide bonds. The molecule has 0 aliphatic carbocycles. The molecule has 7 heteroatoms. The molecule has 1 saturated heterocycles. The van der Waals surface area contributed by atoms with Crippen molar-refractivity contribution in [3.63, 3.8) is 0 Å². The van der Waals surface area contributed by atoms with E-state index in [9.17, 15) is 9.59 Å². The lowest BCUT2D eigenvalue weighted by Gasteiger charge is -2.34. The maximum Gasteiger partial charge on any atom is 0.337 e. The number of amides is 2. The second-order valence-corrected chi connectivity index (χ2v) is 6.21. The molecule has 1 unspecified atom stereocenters. The van der Waals surface area contributed by atoms with E-state index in [1.165, 1.54) is 6.07 Å². The van der Waals surface area contributed by atoms with Crippen LogP contribution in [0, 0.1) is 0 Å². The van der Waals surface area contributed by atoms with E-state index in [1.807, 2.05) is 6.92 Å². The van der Waals surface area contributed by atoms with Crippen LogP contribution in [0.3, 0.4) is 0 Å². The third-order valence-corrected chi connectivity index (χ3v) is 3.81. The first-order chi connectivity index (χ1) is 9.89. The summed E-state index contributed by atoms with van der Waals surface area (Å²) in [5, 5.41) is 14.6. The molecule has 2 rings (SSSR count). The van der Waals surface area contributed by atoms with Gasteiger partial charge in [0.05, 0.1) is 23.4 Å². The average Bonchev–Trinajstić information content (AvgIpc) is 2.38. The summed E-state index contributed by atoms with van der Waals surface area (Å²) in [6.07, 6.45) is 1.71. The Morgan fingerprint density at radius 2 is 2.19 bits per heavy atom. The zero-order valence-electron chi connectivity index (χ0n) is 11.6. The summed E-state index contributed by atoms with van der Waals surface area (Å²) in [6, 6.07) is 4.17. The van der Waals surface area contributed by atoms with Crippen LogP contribution >= 0.6 is 15.9 Å². The van der Waals surface area contributed by atoms with Gasteiger partial charge in [0.2, 0.25) is 0 Å². The molecule has 3 N–H and O–H groups in total. The minimum atomic E-state index is -1.09. The number of nitrogens with one attached hydrogen (secondary N) is 2. The lowest BCUT2D eigenvalue weighted by Crippen LogP contribution is -2.52. The first-order valence-corrected chi connectivity index (χ1v) is 7.39. The first kappa shape index (κ1) is 15.8. The molecule has 0 saturated carbocycles. The number of benzene rings is 1. The molecule has 1 aromatic carbocycles. The van der Waals surface area contributed by atoms with Crippen LogP contribution < -0.4 is 10.6 Å². The SMILES string of the molecule is CC1(NC(=O)Nc2cc(Br)ccc2C(=O)O)CCCOC1. The van der Waals surface area contributed by atoms with Crippen molar-refractivity contribution in [3.05, 3.63) is 28.2 Å². The normalized spacial score (nSPS) is 21.6. The van der Waals surface area contributed by atoms with Gasteiger partial charge in [-0.15, -0.1) is 0 Å². The van der Waals surface area contributed by atoms with Crippen LogP contribution in [0.4, 0.5) is 10.5 Å². The summed E-state index contributed by atoms with van der Waals surface area (Å²) in [6.45, 7) is 3.06. The number of carbonyl (C=O) groups excluding carboxylic acids is 1. The number of carbonyl (C=O) groups is 2. The Balaban J connectivity index is 2.09. The predicted octanol–water partition coefficient (Wildman–Crippen LogP) is 2.84. The second kappa shape index (κ2) is 6.44. The monoisotopic (exact) mass is 356 g/mol. The highest BCUT2D eigenvalue weighted by molar-refractivity contribution is 9.10. The molecule has 1 aromatic rings.